The van der Waals surface area contributed by atoms with E-state index < -0.39 is 47.8 Å². The Labute approximate surface area is 239 Å². The quantitative estimate of drug-likeness (QED) is 0.178. The van der Waals surface area contributed by atoms with Gasteiger partial charge >= 0.3 is 116 Å². The summed E-state index contributed by atoms with van der Waals surface area (Å²) in [7, 11) is 0. The summed E-state index contributed by atoms with van der Waals surface area (Å²) in [6, 6.07) is 0. The molecule has 0 aromatic heterocycles. The van der Waals surface area contributed by atoms with Crippen molar-refractivity contribution in [1.29, 1.82) is 0 Å². The summed E-state index contributed by atoms with van der Waals surface area (Å²) in [5.74, 6) is -17.5. The normalized spacial score (nSPS) is 6.52. The standard InChI is InChI=1S/4C2H2O4.Ba.Sr.Ti/c4*3-1(4)2(5)6;;;/h4*(H,3,4)(H,5,6);;;/q;;;;2*+2;+4/p-8. The first kappa shape index (κ1) is 45.3. The molecule has 0 saturated carbocycles. The van der Waals surface area contributed by atoms with E-state index in [9.17, 15) is 0 Å². The first-order valence-corrected chi connectivity index (χ1v) is 4.27. The van der Waals surface area contributed by atoms with Crippen molar-refractivity contribution in [2.24, 2.45) is 0 Å². The molecule has 0 aliphatic carbocycles. The fourth-order valence-electron chi connectivity index (χ4n) is 0. The van der Waals surface area contributed by atoms with Crippen molar-refractivity contribution < 1.29 is 101 Å². The van der Waals surface area contributed by atoms with Gasteiger partial charge in [-0.05, 0) is 0 Å². The van der Waals surface area contributed by atoms with E-state index >= 15 is 0 Å². The van der Waals surface area contributed by atoms with E-state index in [-0.39, 0.29) is 116 Å². The van der Waals surface area contributed by atoms with Crippen LogP contribution in [0.15, 0.2) is 0 Å². The molecule has 0 aromatic rings. The first-order chi connectivity index (χ1) is 10.6. The summed E-state index contributed by atoms with van der Waals surface area (Å²) in [4.78, 5) is 71.4. The number of rotatable bonds is 0. The Morgan fingerprint density at radius 1 is 0.333 bits per heavy atom. The average molecular weight is 625 g/mol. The summed E-state index contributed by atoms with van der Waals surface area (Å²) in [6.45, 7) is 0. The third-order valence-corrected chi connectivity index (χ3v) is 0.667. The fourth-order valence-corrected chi connectivity index (χ4v) is 0. The molecule has 0 aliphatic rings. The van der Waals surface area contributed by atoms with Crippen molar-refractivity contribution in [3.63, 3.8) is 0 Å². The molecule has 136 valence electrons. The van der Waals surface area contributed by atoms with Gasteiger partial charge in [-0.1, -0.05) is 0 Å². The summed E-state index contributed by atoms with van der Waals surface area (Å²) in [5, 5.41) is 71.4. The summed E-state index contributed by atoms with van der Waals surface area (Å²) >= 11 is 0. The molecule has 0 atom stereocenters. The van der Waals surface area contributed by atoms with Crippen LogP contribution in [0.3, 0.4) is 0 Å². The Hall–Kier alpha value is -0.474. The third-order valence-electron chi connectivity index (χ3n) is 0.667. The minimum atomic E-state index is -2.19. The second-order valence-corrected chi connectivity index (χ2v) is 2.30. The molecule has 0 bridgehead atoms. The number of hydrogen-bond donors (Lipinski definition) is 0. The van der Waals surface area contributed by atoms with E-state index in [1.54, 1.807) is 0 Å². The van der Waals surface area contributed by atoms with Crippen molar-refractivity contribution in [2.45, 2.75) is 0 Å². The van der Waals surface area contributed by atoms with Gasteiger partial charge < -0.3 is 79.2 Å². The number of carboxylic acids is 8. The first-order valence-electron chi connectivity index (χ1n) is 4.27. The monoisotopic (exact) mass is 626 g/mol. The van der Waals surface area contributed by atoms with Crippen LogP contribution in [0.25, 0.3) is 0 Å². The van der Waals surface area contributed by atoms with Crippen LogP contribution in [0.5, 0.6) is 0 Å². The predicted molar refractivity (Wildman–Crippen MR) is 51.6 cm³/mol. The Morgan fingerprint density at radius 3 is 0.370 bits per heavy atom. The molecule has 0 unspecified atom stereocenters. The van der Waals surface area contributed by atoms with Gasteiger partial charge in [0.05, 0.1) is 47.8 Å². The van der Waals surface area contributed by atoms with Crippen LogP contribution in [0.4, 0.5) is 0 Å². The maximum absolute atomic E-state index is 8.93. The van der Waals surface area contributed by atoms with E-state index in [4.69, 9.17) is 79.2 Å². The van der Waals surface area contributed by atoms with E-state index in [1.807, 2.05) is 0 Å². The van der Waals surface area contributed by atoms with E-state index in [1.165, 1.54) is 0 Å². The van der Waals surface area contributed by atoms with Crippen LogP contribution in [0, 0.1) is 0 Å². The molecule has 27 heavy (non-hydrogen) atoms. The number of hydrogen-bond acceptors (Lipinski definition) is 16. The van der Waals surface area contributed by atoms with E-state index in [2.05, 4.69) is 0 Å². The third kappa shape index (κ3) is 58.6. The SMILES string of the molecule is O=C([O-])C(=O)[O-].O=C([O-])C(=O)[O-].O=C([O-])C(=O)[O-].O=C([O-])C(=O)[O-].[Ba+2].[Sr+2].[Ti+4]. The molecule has 0 radical (unpaired) electrons. The molecule has 0 saturated heterocycles. The summed E-state index contributed by atoms with van der Waals surface area (Å²) in [5.41, 5.74) is 0. The molecule has 0 aromatic carbocycles. The van der Waals surface area contributed by atoms with Crippen LogP contribution in [0.1, 0.15) is 0 Å². The zero-order valence-corrected chi connectivity index (χ0v) is 21.9. The maximum atomic E-state index is 8.93. The molecular formula is C8BaO16SrTi. The zero-order valence-electron chi connectivity index (χ0n) is 12.4. The minimum Gasteiger partial charge on any atom is -0.543 e. The summed E-state index contributed by atoms with van der Waals surface area (Å²) < 4.78 is 0. The van der Waals surface area contributed by atoms with Gasteiger partial charge in [0.25, 0.3) is 0 Å². The van der Waals surface area contributed by atoms with Crippen LogP contribution in [0.2, 0.25) is 0 Å². The van der Waals surface area contributed by atoms with Gasteiger partial charge in [-0.25, -0.2) is 0 Å². The molecule has 0 rings (SSSR count). The van der Waals surface area contributed by atoms with E-state index in [0.717, 1.165) is 0 Å². The molecule has 0 amide bonds. The van der Waals surface area contributed by atoms with Gasteiger partial charge in [-0.3, -0.25) is 0 Å². The van der Waals surface area contributed by atoms with Crippen molar-refractivity contribution in [3.05, 3.63) is 0 Å². The van der Waals surface area contributed by atoms with Crippen molar-refractivity contribution >= 4 is 142 Å². The predicted octanol–water partition coefficient (Wildman–Crippen LogP) is -14.8. The second kappa shape index (κ2) is 27.7. The number of aliphatic carboxylic acids is 8. The topological polar surface area (TPSA) is 321 Å². The zero-order chi connectivity index (χ0) is 20.6. The number of carboxylic acid groups (broad SMARTS) is 8. The number of carbonyl (C=O) groups excluding carboxylic acids is 8. The molecular weight excluding hydrogens is 625 g/mol. The molecule has 19 heteroatoms. The summed E-state index contributed by atoms with van der Waals surface area (Å²) in [6.07, 6.45) is 0. The molecule has 0 N–H and O–H groups in total. The van der Waals surface area contributed by atoms with Gasteiger partial charge in [0.2, 0.25) is 0 Å². The molecule has 0 fully saturated rings. The van der Waals surface area contributed by atoms with Gasteiger partial charge in [-0.2, -0.15) is 0 Å². The Morgan fingerprint density at radius 2 is 0.370 bits per heavy atom. The Kier molecular flexibility index (Phi) is 46.6. The van der Waals surface area contributed by atoms with Crippen LogP contribution < -0.4 is 40.9 Å². The molecule has 0 spiro atoms. The van der Waals surface area contributed by atoms with Crippen molar-refractivity contribution in [1.82, 2.24) is 0 Å². The molecule has 0 heterocycles. The maximum Gasteiger partial charge on any atom is 4.00 e. The second-order valence-electron chi connectivity index (χ2n) is 2.30. The van der Waals surface area contributed by atoms with Gasteiger partial charge in [0, 0.05) is 0 Å². The van der Waals surface area contributed by atoms with Crippen molar-refractivity contribution in [2.75, 3.05) is 0 Å². The fraction of sp³-hybridized carbons (Fsp3) is 0. The van der Waals surface area contributed by atoms with Crippen molar-refractivity contribution in [3.8, 4) is 0 Å². The largest absolute Gasteiger partial charge is 4.00 e. The molecule has 0 aliphatic heterocycles. The van der Waals surface area contributed by atoms with E-state index in [0.29, 0.717) is 0 Å². The minimum absolute atomic E-state index is 0. The average Bonchev–Trinajstić information content (AvgIpc) is 2.40. The smallest absolute Gasteiger partial charge is 0.543 e. The van der Waals surface area contributed by atoms with Gasteiger partial charge in [0.15, 0.2) is 0 Å². The number of carbonyl (C=O) groups is 8. The Balaban J connectivity index is -0.0000000381. The molecule has 16 nitrogen and oxygen atoms in total. The van der Waals surface area contributed by atoms with Crippen LogP contribution in [-0.2, 0) is 60.1 Å². The van der Waals surface area contributed by atoms with Crippen LogP contribution in [-0.4, -0.2) is 142 Å². The van der Waals surface area contributed by atoms with Gasteiger partial charge in [-0.15, -0.1) is 0 Å². The van der Waals surface area contributed by atoms with Crippen LogP contribution >= 0.6 is 0 Å². The Bertz CT molecular complexity index is 401. The van der Waals surface area contributed by atoms with Gasteiger partial charge in [0.1, 0.15) is 0 Å².